The van der Waals surface area contributed by atoms with Gasteiger partial charge in [-0.3, -0.25) is 24.2 Å². The van der Waals surface area contributed by atoms with Crippen molar-refractivity contribution in [3.05, 3.63) is 18.2 Å². The van der Waals surface area contributed by atoms with Crippen LogP contribution in [0.4, 0.5) is 0 Å². The lowest BCUT2D eigenvalue weighted by Gasteiger charge is -2.25. The van der Waals surface area contributed by atoms with Crippen molar-refractivity contribution in [2.24, 2.45) is 22.2 Å². The number of aromatic nitrogens is 2. The van der Waals surface area contributed by atoms with Crippen molar-refractivity contribution in [3.63, 3.8) is 0 Å². The molecule has 5 atom stereocenters. The van der Waals surface area contributed by atoms with E-state index in [1.807, 2.05) is 5.32 Å². The molecule has 0 aliphatic carbocycles. The number of carboxylic acid groups (broad SMARTS) is 2. The molecule has 0 radical (unpaired) electrons. The molecule has 17 nitrogen and oxygen atoms in total. The fourth-order valence-electron chi connectivity index (χ4n) is 3.05. The van der Waals surface area contributed by atoms with Crippen molar-refractivity contribution in [1.82, 2.24) is 25.9 Å². The second-order valence-electron chi connectivity index (χ2n) is 8.12. The number of H-pyrrole nitrogens is 1. The molecular weight excluding hydrogens is 494 g/mol. The first-order valence-electron chi connectivity index (χ1n) is 11.1. The number of hydrogen-bond acceptors (Lipinski definition) is 9. The Morgan fingerprint density at radius 1 is 1.05 bits per heavy atom. The van der Waals surface area contributed by atoms with Crippen LogP contribution in [0.15, 0.2) is 17.5 Å². The van der Waals surface area contributed by atoms with E-state index in [-0.39, 0.29) is 25.3 Å². The van der Waals surface area contributed by atoms with Gasteiger partial charge in [-0.05, 0) is 19.8 Å². The van der Waals surface area contributed by atoms with E-state index in [1.54, 1.807) is 0 Å². The molecule has 0 aromatic carbocycles. The van der Waals surface area contributed by atoms with Gasteiger partial charge in [0, 0.05) is 24.9 Å². The Balaban J connectivity index is 3.00. The van der Waals surface area contributed by atoms with Gasteiger partial charge >= 0.3 is 11.9 Å². The van der Waals surface area contributed by atoms with Crippen LogP contribution >= 0.6 is 0 Å². The van der Waals surface area contributed by atoms with Crippen LogP contribution in [-0.2, 0) is 30.4 Å². The van der Waals surface area contributed by atoms with E-state index in [0.29, 0.717) is 12.1 Å². The van der Waals surface area contributed by atoms with Gasteiger partial charge in [-0.1, -0.05) is 0 Å². The number of aliphatic hydroxyl groups is 1. The van der Waals surface area contributed by atoms with E-state index in [1.165, 1.54) is 12.5 Å². The molecule has 206 valence electrons. The molecule has 5 unspecified atom stereocenters. The number of aliphatic hydroxyl groups excluding tert-OH is 1. The fourth-order valence-corrected chi connectivity index (χ4v) is 3.05. The fraction of sp³-hybridized carbons (Fsp3) is 0.550. The number of aliphatic imine (C=N–C) groups is 1. The van der Waals surface area contributed by atoms with Gasteiger partial charge < -0.3 is 53.5 Å². The van der Waals surface area contributed by atoms with Gasteiger partial charge in [0.1, 0.15) is 12.1 Å². The van der Waals surface area contributed by atoms with Crippen LogP contribution in [0.2, 0.25) is 0 Å². The molecule has 1 aromatic rings. The predicted molar refractivity (Wildman–Crippen MR) is 128 cm³/mol. The maximum Gasteiger partial charge on any atom is 0.328 e. The third-order valence-corrected chi connectivity index (χ3v) is 4.97. The summed E-state index contributed by atoms with van der Waals surface area (Å²) in [7, 11) is 0. The Hall–Kier alpha value is -4.25. The highest BCUT2D eigenvalue weighted by Crippen LogP contribution is 2.04. The number of carboxylic acids is 2. The standard InChI is InChI=1S/C20H33N9O8/c1-9(30)15(19(36)37)29-18(35)13(6-14(31)32)28-17(34)12(5-10-7-24-8-26-10)27-16(33)11(21)3-2-4-25-20(22)23/h7-9,11-13,15,30H,2-6,21H2,1H3,(H,24,26)(H,27,33)(H,28,34)(H,29,35)(H,31,32)(H,36,37)(H4,22,23,25). The molecule has 1 rings (SSSR count). The predicted octanol–water partition coefficient (Wildman–Crippen LogP) is -4.27. The summed E-state index contributed by atoms with van der Waals surface area (Å²) in [4.78, 5) is 71.2. The SMILES string of the molecule is CC(O)C(NC(=O)C(CC(=O)O)NC(=O)C(Cc1cnc[nH]1)NC(=O)C(N)CCCN=C(N)N)C(=O)O. The minimum Gasteiger partial charge on any atom is -0.481 e. The zero-order valence-corrected chi connectivity index (χ0v) is 20.1. The number of rotatable bonds is 16. The summed E-state index contributed by atoms with van der Waals surface area (Å²) >= 11 is 0. The van der Waals surface area contributed by atoms with E-state index < -0.39 is 66.4 Å². The van der Waals surface area contributed by atoms with Crippen LogP contribution in [0.25, 0.3) is 0 Å². The van der Waals surface area contributed by atoms with Gasteiger partial charge in [-0.15, -0.1) is 0 Å². The minimum absolute atomic E-state index is 0.114. The van der Waals surface area contributed by atoms with Gasteiger partial charge in [0.05, 0.1) is 24.9 Å². The van der Waals surface area contributed by atoms with Crippen molar-refractivity contribution < 1.29 is 39.3 Å². The molecular formula is C20H33N9O8. The number of hydrogen-bond donors (Lipinski definition) is 10. The Bertz CT molecular complexity index is 963. The summed E-state index contributed by atoms with van der Waals surface area (Å²) < 4.78 is 0. The molecule has 0 aliphatic rings. The van der Waals surface area contributed by atoms with Crippen LogP contribution < -0.4 is 33.2 Å². The molecule has 17 heteroatoms. The van der Waals surface area contributed by atoms with Crippen molar-refractivity contribution in [3.8, 4) is 0 Å². The number of nitrogens with zero attached hydrogens (tertiary/aromatic N) is 2. The van der Waals surface area contributed by atoms with E-state index >= 15 is 0 Å². The summed E-state index contributed by atoms with van der Waals surface area (Å²) in [6.45, 7) is 1.34. The maximum absolute atomic E-state index is 13.0. The van der Waals surface area contributed by atoms with Crippen molar-refractivity contribution in [2.75, 3.05) is 6.54 Å². The third kappa shape index (κ3) is 11.4. The number of nitrogens with two attached hydrogens (primary N) is 3. The summed E-state index contributed by atoms with van der Waals surface area (Å²) in [6.07, 6.45) is 0.750. The zero-order valence-electron chi connectivity index (χ0n) is 20.1. The van der Waals surface area contributed by atoms with Crippen LogP contribution in [0.3, 0.4) is 0 Å². The number of nitrogens with one attached hydrogen (secondary N) is 4. The van der Waals surface area contributed by atoms with Gasteiger partial charge in [-0.25, -0.2) is 9.78 Å². The van der Waals surface area contributed by atoms with Gasteiger partial charge in [0.25, 0.3) is 0 Å². The number of imidazole rings is 1. The highest BCUT2D eigenvalue weighted by Gasteiger charge is 2.33. The van der Waals surface area contributed by atoms with Crippen LogP contribution in [0.1, 0.15) is 31.9 Å². The van der Waals surface area contributed by atoms with Crippen LogP contribution in [0.5, 0.6) is 0 Å². The van der Waals surface area contributed by atoms with Crippen LogP contribution in [0, 0.1) is 0 Å². The summed E-state index contributed by atoms with van der Waals surface area (Å²) in [5.74, 6) is -5.96. The topological polar surface area (TPSA) is 301 Å². The zero-order chi connectivity index (χ0) is 28.1. The van der Waals surface area contributed by atoms with Gasteiger partial charge in [0.15, 0.2) is 12.0 Å². The average Bonchev–Trinajstić information content (AvgIpc) is 3.31. The molecule has 3 amide bonds. The number of amides is 3. The first-order valence-corrected chi connectivity index (χ1v) is 11.1. The second-order valence-corrected chi connectivity index (χ2v) is 8.12. The molecule has 0 spiro atoms. The first-order chi connectivity index (χ1) is 17.3. The van der Waals surface area contributed by atoms with E-state index in [4.69, 9.17) is 22.3 Å². The normalized spacial score (nSPS) is 14.8. The monoisotopic (exact) mass is 527 g/mol. The first kappa shape index (κ1) is 30.8. The van der Waals surface area contributed by atoms with E-state index in [9.17, 15) is 34.2 Å². The molecule has 0 aliphatic heterocycles. The van der Waals surface area contributed by atoms with Crippen LogP contribution in [-0.4, -0.2) is 97.7 Å². The lowest BCUT2D eigenvalue weighted by molar-refractivity contribution is -0.146. The molecule has 13 N–H and O–H groups in total. The molecule has 1 aromatic heterocycles. The molecule has 0 saturated heterocycles. The molecule has 0 saturated carbocycles. The Labute approximate surface area is 211 Å². The quantitative estimate of drug-likeness (QED) is 0.0555. The number of carbonyl (C=O) groups excluding carboxylic acids is 3. The van der Waals surface area contributed by atoms with E-state index in [2.05, 4.69) is 25.6 Å². The molecule has 0 bridgehead atoms. The Kier molecular flexibility index (Phi) is 12.5. The highest BCUT2D eigenvalue weighted by atomic mass is 16.4. The molecule has 1 heterocycles. The summed E-state index contributed by atoms with van der Waals surface area (Å²) in [5, 5.41) is 34.6. The Morgan fingerprint density at radius 2 is 1.68 bits per heavy atom. The summed E-state index contributed by atoms with van der Waals surface area (Å²) in [6, 6.07) is -5.82. The maximum atomic E-state index is 13.0. The number of guanidine groups is 1. The summed E-state index contributed by atoms with van der Waals surface area (Å²) in [5.41, 5.74) is 16.8. The smallest absolute Gasteiger partial charge is 0.328 e. The van der Waals surface area contributed by atoms with Gasteiger partial charge in [0.2, 0.25) is 17.7 Å². The van der Waals surface area contributed by atoms with Crippen molar-refractivity contribution in [1.29, 1.82) is 0 Å². The number of aromatic amines is 1. The Morgan fingerprint density at radius 3 is 2.19 bits per heavy atom. The van der Waals surface area contributed by atoms with Gasteiger partial charge in [-0.2, -0.15) is 0 Å². The largest absolute Gasteiger partial charge is 0.481 e. The third-order valence-electron chi connectivity index (χ3n) is 4.97. The average molecular weight is 528 g/mol. The lowest BCUT2D eigenvalue weighted by Crippen LogP contribution is -2.59. The van der Waals surface area contributed by atoms with Crippen molar-refractivity contribution in [2.45, 2.75) is 62.9 Å². The lowest BCUT2D eigenvalue weighted by atomic mass is 10.1. The number of carbonyl (C=O) groups is 5. The number of aliphatic carboxylic acids is 2. The van der Waals surface area contributed by atoms with Crippen molar-refractivity contribution >= 4 is 35.6 Å². The highest BCUT2D eigenvalue weighted by molar-refractivity contribution is 5.95. The molecule has 0 fully saturated rings. The second kappa shape index (κ2) is 15.0. The van der Waals surface area contributed by atoms with E-state index in [0.717, 1.165) is 6.92 Å². The molecule has 37 heavy (non-hydrogen) atoms. The minimum atomic E-state index is -1.75.